The molecule has 0 saturated carbocycles. The van der Waals surface area contributed by atoms with Crippen LogP contribution in [0.15, 0.2) is 40.9 Å². The smallest absolute Gasteiger partial charge is 0.234 e. The number of carbonyl (C=O) groups excluding carboxylic acids is 1. The molecular weight excluding hydrogens is 302 g/mol. The van der Waals surface area contributed by atoms with Crippen molar-refractivity contribution >= 4 is 11.8 Å². The van der Waals surface area contributed by atoms with E-state index in [1.807, 2.05) is 62.3 Å². The Hall–Kier alpha value is -2.14. The van der Waals surface area contributed by atoms with E-state index >= 15 is 0 Å². The second kappa shape index (κ2) is 8.11. The van der Waals surface area contributed by atoms with Crippen LogP contribution in [0.5, 0.6) is 0 Å². The average Bonchev–Trinajstić information content (AvgIpc) is 3.01. The van der Waals surface area contributed by atoms with Crippen molar-refractivity contribution in [3.05, 3.63) is 36.4 Å². The van der Waals surface area contributed by atoms with Crippen LogP contribution in [-0.4, -0.2) is 43.1 Å². The largest absolute Gasteiger partial charge is 0.338 e. The van der Waals surface area contributed by atoms with Crippen LogP contribution in [0.4, 0.5) is 5.88 Å². The second-order valence-corrected chi connectivity index (χ2v) is 6.92. The number of anilines is 1. The van der Waals surface area contributed by atoms with Gasteiger partial charge in [-0.15, -0.1) is 0 Å². The summed E-state index contributed by atoms with van der Waals surface area (Å²) < 4.78 is 5.50. The average molecular weight is 329 g/mol. The molecular formula is C19H27N3O2. The quantitative estimate of drug-likeness (QED) is 0.780. The summed E-state index contributed by atoms with van der Waals surface area (Å²) in [5, 5.41) is 4.14. The van der Waals surface area contributed by atoms with Crippen LogP contribution in [0, 0.1) is 11.8 Å². The molecule has 1 amide bonds. The topological polar surface area (TPSA) is 49.6 Å². The van der Waals surface area contributed by atoms with E-state index < -0.39 is 0 Å². The maximum absolute atomic E-state index is 12.9. The highest BCUT2D eigenvalue weighted by Gasteiger charge is 2.26. The van der Waals surface area contributed by atoms with Crippen molar-refractivity contribution in [2.45, 2.75) is 20.8 Å². The summed E-state index contributed by atoms with van der Waals surface area (Å²) in [5.74, 6) is 0.807. The molecule has 5 heteroatoms. The molecule has 1 aromatic carbocycles. The summed E-state index contributed by atoms with van der Waals surface area (Å²) in [6.45, 7) is 7.44. The molecule has 2 rings (SSSR count). The molecule has 130 valence electrons. The van der Waals surface area contributed by atoms with Crippen molar-refractivity contribution < 1.29 is 9.32 Å². The third kappa shape index (κ3) is 4.68. The Morgan fingerprint density at radius 2 is 1.79 bits per heavy atom. The van der Waals surface area contributed by atoms with Gasteiger partial charge >= 0.3 is 0 Å². The fourth-order valence-corrected chi connectivity index (χ4v) is 2.68. The Kier molecular flexibility index (Phi) is 6.15. The number of aromatic nitrogens is 1. The van der Waals surface area contributed by atoms with E-state index in [1.165, 1.54) is 0 Å². The normalized spacial score (nSPS) is 12.6. The van der Waals surface area contributed by atoms with E-state index in [0.717, 1.165) is 11.3 Å². The zero-order chi connectivity index (χ0) is 17.7. The van der Waals surface area contributed by atoms with Crippen LogP contribution in [0.1, 0.15) is 20.8 Å². The van der Waals surface area contributed by atoms with Crippen molar-refractivity contribution in [3.63, 3.8) is 0 Å². The predicted octanol–water partition coefficient (Wildman–Crippen LogP) is 3.53. The molecule has 1 atom stereocenters. The lowest BCUT2D eigenvalue weighted by Gasteiger charge is -2.26. The Labute approximate surface area is 144 Å². The minimum absolute atomic E-state index is 0.0631. The van der Waals surface area contributed by atoms with Gasteiger partial charge in [-0.2, -0.15) is 0 Å². The van der Waals surface area contributed by atoms with Crippen molar-refractivity contribution in [1.82, 2.24) is 10.1 Å². The highest BCUT2D eigenvalue weighted by atomic mass is 16.5. The van der Waals surface area contributed by atoms with Gasteiger partial charge < -0.3 is 9.42 Å². The summed E-state index contributed by atoms with van der Waals surface area (Å²) in [4.78, 5) is 16.6. The van der Waals surface area contributed by atoms with Crippen LogP contribution in [0.3, 0.4) is 0 Å². The standard InChI is InChI=1S/C19H27N3O2/c1-14(2)12-22(19(23)15(3)13-21(4)5)18-11-17(20-24-18)16-9-7-6-8-10-16/h6-11,14-15H,12-13H2,1-5H3. The Morgan fingerprint density at radius 1 is 1.12 bits per heavy atom. The van der Waals surface area contributed by atoms with Crippen molar-refractivity contribution in [1.29, 1.82) is 0 Å². The van der Waals surface area contributed by atoms with E-state index in [9.17, 15) is 4.79 Å². The molecule has 1 heterocycles. The van der Waals surface area contributed by atoms with Gasteiger partial charge in [0.25, 0.3) is 0 Å². The van der Waals surface area contributed by atoms with Gasteiger partial charge in [0.05, 0.1) is 0 Å². The minimum atomic E-state index is -0.107. The maximum Gasteiger partial charge on any atom is 0.234 e. The van der Waals surface area contributed by atoms with Crippen LogP contribution < -0.4 is 4.90 Å². The highest BCUT2D eigenvalue weighted by Crippen LogP contribution is 2.26. The first kappa shape index (κ1) is 18.2. The van der Waals surface area contributed by atoms with Crippen molar-refractivity contribution in [2.24, 2.45) is 11.8 Å². The number of amides is 1. The van der Waals surface area contributed by atoms with Crippen LogP contribution in [0.25, 0.3) is 11.3 Å². The molecule has 1 aromatic heterocycles. The molecule has 0 bridgehead atoms. The van der Waals surface area contributed by atoms with Crippen molar-refractivity contribution in [2.75, 3.05) is 32.1 Å². The SMILES string of the molecule is CC(C)CN(C(=O)C(C)CN(C)C)c1cc(-c2ccccc2)no1. The number of benzene rings is 1. The predicted molar refractivity (Wildman–Crippen MR) is 96.8 cm³/mol. The first-order valence-electron chi connectivity index (χ1n) is 8.36. The Morgan fingerprint density at radius 3 is 2.38 bits per heavy atom. The molecule has 1 unspecified atom stereocenters. The molecule has 24 heavy (non-hydrogen) atoms. The van der Waals surface area contributed by atoms with Gasteiger partial charge in [-0.25, -0.2) is 0 Å². The fraction of sp³-hybridized carbons (Fsp3) is 0.474. The minimum Gasteiger partial charge on any atom is -0.338 e. The van der Waals surface area contributed by atoms with Crippen LogP contribution >= 0.6 is 0 Å². The van der Waals surface area contributed by atoms with Crippen LogP contribution in [0.2, 0.25) is 0 Å². The third-order valence-corrected chi connectivity index (χ3v) is 3.71. The molecule has 0 spiro atoms. The maximum atomic E-state index is 12.9. The lowest BCUT2D eigenvalue weighted by molar-refractivity contribution is -0.122. The number of nitrogens with zero attached hydrogens (tertiary/aromatic N) is 3. The number of hydrogen-bond donors (Lipinski definition) is 0. The first-order valence-corrected chi connectivity index (χ1v) is 8.36. The van der Waals surface area contributed by atoms with Gasteiger partial charge in [0, 0.05) is 30.6 Å². The highest BCUT2D eigenvalue weighted by molar-refractivity contribution is 5.94. The van der Waals surface area contributed by atoms with Gasteiger partial charge in [0.2, 0.25) is 11.8 Å². The summed E-state index contributed by atoms with van der Waals surface area (Å²) in [6, 6.07) is 11.7. The molecule has 0 saturated heterocycles. The van der Waals surface area contributed by atoms with E-state index in [1.54, 1.807) is 4.90 Å². The summed E-state index contributed by atoms with van der Waals surface area (Å²) in [7, 11) is 3.94. The van der Waals surface area contributed by atoms with E-state index in [4.69, 9.17) is 4.52 Å². The number of hydrogen-bond acceptors (Lipinski definition) is 4. The molecule has 0 aliphatic heterocycles. The van der Waals surface area contributed by atoms with E-state index in [0.29, 0.717) is 24.9 Å². The lowest BCUT2D eigenvalue weighted by atomic mass is 10.1. The van der Waals surface area contributed by atoms with Crippen molar-refractivity contribution in [3.8, 4) is 11.3 Å². The van der Waals surface area contributed by atoms with Gasteiger partial charge in [-0.3, -0.25) is 9.69 Å². The van der Waals surface area contributed by atoms with E-state index in [2.05, 4.69) is 19.0 Å². The van der Waals surface area contributed by atoms with E-state index in [-0.39, 0.29) is 11.8 Å². The Balaban J connectivity index is 2.25. The summed E-state index contributed by atoms with van der Waals surface area (Å²) in [5.41, 5.74) is 1.72. The number of carbonyl (C=O) groups is 1. The van der Waals surface area contributed by atoms with Crippen LogP contribution in [-0.2, 0) is 4.79 Å². The molecule has 0 fully saturated rings. The zero-order valence-electron chi connectivity index (χ0n) is 15.2. The monoisotopic (exact) mass is 329 g/mol. The van der Waals surface area contributed by atoms with Gasteiger partial charge in [0.15, 0.2) is 0 Å². The zero-order valence-corrected chi connectivity index (χ0v) is 15.2. The molecule has 5 nitrogen and oxygen atoms in total. The molecule has 0 aliphatic rings. The molecule has 0 radical (unpaired) electrons. The number of rotatable bonds is 7. The molecule has 0 N–H and O–H groups in total. The van der Waals surface area contributed by atoms with Gasteiger partial charge in [0.1, 0.15) is 5.69 Å². The fourth-order valence-electron chi connectivity index (χ4n) is 2.68. The molecule has 0 aliphatic carbocycles. The lowest BCUT2D eigenvalue weighted by Crippen LogP contribution is -2.40. The molecule has 2 aromatic rings. The first-order chi connectivity index (χ1) is 11.4. The van der Waals surface area contributed by atoms with Gasteiger partial charge in [-0.1, -0.05) is 56.3 Å². The third-order valence-electron chi connectivity index (χ3n) is 3.71. The van der Waals surface area contributed by atoms with Gasteiger partial charge in [-0.05, 0) is 20.0 Å². The second-order valence-electron chi connectivity index (χ2n) is 6.92. The Bertz CT molecular complexity index is 650. The summed E-state index contributed by atoms with van der Waals surface area (Å²) in [6.07, 6.45) is 0. The summed E-state index contributed by atoms with van der Waals surface area (Å²) >= 11 is 0.